The Kier molecular flexibility index (Phi) is 6.41. The highest BCUT2D eigenvalue weighted by Crippen LogP contribution is 2.23. The number of carbonyl (C=O) groups excluding carboxylic acids is 1. The minimum atomic E-state index is -0.278. The molecule has 0 spiro atoms. The predicted octanol–water partition coefficient (Wildman–Crippen LogP) is 1.99. The van der Waals surface area contributed by atoms with Gasteiger partial charge in [0.25, 0.3) is 0 Å². The van der Waals surface area contributed by atoms with Crippen molar-refractivity contribution >= 4 is 6.03 Å². The second-order valence-corrected chi connectivity index (χ2v) is 6.48. The van der Waals surface area contributed by atoms with E-state index in [2.05, 4.69) is 10.4 Å². The van der Waals surface area contributed by atoms with Crippen LogP contribution in [-0.4, -0.2) is 47.5 Å². The minimum Gasteiger partial charge on any atom is -0.383 e. The summed E-state index contributed by atoms with van der Waals surface area (Å²) in [5.41, 5.74) is 3.43. The lowest BCUT2D eigenvalue weighted by atomic mass is 10.1. The summed E-state index contributed by atoms with van der Waals surface area (Å²) in [6.07, 6.45) is 0.740. The Bertz CT molecular complexity index is 793. The second-order valence-electron chi connectivity index (χ2n) is 6.48. The van der Waals surface area contributed by atoms with Crippen molar-refractivity contribution in [1.82, 2.24) is 20.0 Å². The van der Waals surface area contributed by atoms with E-state index < -0.39 is 0 Å². The molecule has 0 saturated carbocycles. The largest absolute Gasteiger partial charge is 0.383 e. The van der Waals surface area contributed by atoms with E-state index in [4.69, 9.17) is 9.47 Å². The maximum Gasteiger partial charge on any atom is 0.317 e. The molecule has 0 radical (unpaired) electrons. The molecular formula is C19H25FN4O3. The number of amides is 2. The third-order valence-electron chi connectivity index (χ3n) is 4.65. The number of ether oxygens (including phenoxy) is 2. The highest BCUT2D eigenvalue weighted by Gasteiger charge is 2.26. The van der Waals surface area contributed by atoms with Crippen molar-refractivity contribution in [3.05, 3.63) is 52.6 Å². The molecule has 2 heterocycles. The lowest BCUT2D eigenvalue weighted by molar-refractivity contribution is 0.101. The molecule has 1 N–H and O–H groups in total. The molecule has 0 bridgehead atoms. The number of benzene rings is 1. The van der Waals surface area contributed by atoms with Crippen LogP contribution in [0.1, 0.15) is 22.5 Å². The Labute approximate surface area is 158 Å². The zero-order valence-corrected chi connectivity index (χ0v) is 15.7. The van der Waals surface area contributed by atoms with Crippen molar-refractivity contribution < 1.29 is 18.7 Å². The summed E-state index contributed by atoms with van der Waals surface area (Å²) in [4.78, 5) is 14.1. The Morgan fingerprint density at radius 2 is 2.15 bits per heavy atom. The van der Waals surface area contributed by atoms with Crippen molar-refractivity contribution in [3.63, 3.8) is 0 Å². The van der Waals surface area contributed by atoms with E-state index in [0.29, 0.717) is 31.8 Å². The molecule has 0 aliphatic carbocycles. The van der Waals surface area contributed by atoms with E-state index in [9.17, 15) is 9.18 Å². The van der Waals surface area contributed by atoms with Gasteiger partial charge < -0.3 is 19.7 Å². The lowest BCUT2D eigenvalue weighted by Crippen LogP contribution is -2.43. The number of carbonyl (C=O) groups is 1. The van der Waals surface area contributed by atoms with Crippen molar-refractivity contribution in [2.75, 3.05) is 26.8 Å². The van der Waals surface area contributed by atoms with Crippen LogP contribution in [0.2, 0.25) is 0 Å². The number of rotatable bonds is 7. The standard InChI is InChI=1S/C19H25FN4O3/c1-23-18-7-9-24(19(25)21-8-10-26-2)11-15(18)17(22-23)13-27-12-14-5-3-4-6-16(14)20/h3-6H,7-13H2,1-2H3,(H,21,25). The van der Waals surface area contributed by atoms with Crippen LogP contribution < -0.4 is 5.32 Å². The first-order chi connectivity index (χ1) is 13.1. The van der Waals surface area contributed by atoms with Crippen LogP contribution in [-0.2, 0) is 42.7 Å². The molecule has 0 fully saturated rings. The third kappa shape index (κ3) is 4.64. The number of fused-ring (bicyclic) bond motifs is 1. The average molecular weight is 376 g/mol. The lowest BCUT2D eigenvalue weighted by Gasteiger charge is -2.27. The Morgan fingerprint density at radius 3 is 2.93 bits per heavy atom. The summed E-state index contributed by atoms with van der Waals surface area (Å²) in [5.74, 6) is -0.278. The molecule has 3 rings (SSSR count). The van der Waals surface area contributed by atoms with Gasteiger partial charge in [-0.3, -0.25) is 4.68 Å². The van der Waals surface area contributed by atoms with Crippen LogP contribution in [0.25, 0.3) is 0 Å². The summed E-state index contributed by atoms with van der Waals surface area (Å²) in [5, 5.41) is 7.38. The number of urea groups is 1. The zero-order chi connectivity index (χ0) is 19.2. The summed E-state index contributed by atoms with van der Waals surface area (Å²) in [7, 11) is 3.50. The molecule has 2 amide bonds. The van der Waals surface area contributed by atoms with Gasteiger partial charge >= 0.3 is 6.03 Å². The number of halogens is 1. The second kappa shape index (κ2) is 8.96. The predicted molar refractivity (Wildman–Crippen MR) is 97.5 cm³/mol. The molecule has 1 aromatic carbocycles. The number of hydrogen-bond acceptors (Lipinski definition) is 4. The van der Waals surface area contributed by atoms with Gasteiger partial charge in [-0.1, -0.05) is 18.2 Å². The quantitative estimate of drug-likeness (QED) is 0.751. The molecule has 0 saturated heterocycles. The smallest absolute Gasteiger partial charge is 0.317 e. The molecule has 7 nitrogen and oxygen atoms in total. The number of methoxy groups -OCH3 is 1. The number of nitrogens with one attached hydrogen (secondary N) is 1. The molecule has 27 heavy (non-hydrogen) atoms. The average Bonchev–Trinajstić information content (AvgIpc) is 2.99. The van der Waals surface area contributed by atoms with Crippen LogP contribution in [0.5, 0.6) is 0 Å². The number of hydrogen-bond donors (Lipinski definition) is 1. The summed E-state index contributed by atoms with van der Waals surface area (Å²) in [6.45, 7) is 2.54. The van der Waals surface area contributed by atoms with Crippen molar-refractivity contribution in [2.24, 2.45) is 7.05 Å². The van der Waals surface area contributed by atoms with Crippen molar-refractivity contribution in [3.8, 4) is 0 Å². The van der Waals surface area contributed by atoms with Crippen LogP contribution >= 0.6 is 0 Å². The van der Waals surface area contributed by atoms with E-state index in [1.165, 1.54) is 6.07 Å². The van der Waals surface area contributed by atoms with E-state index in [-0.39, 0.29) is 25.1 Å². The van der Waals surface area contributed by atoms with E-state index >= 15 is 0 Å². The summed E-state index contributed by atoms with van der Waals surface area (Å²) in [6, 6.07) is 6.45. The van der Waals surface area contributed by atoms with Gasteiger partial charge in [0.15, 0.2) is 0 Å². The number of aromatic nitrogens is 2. The van der Waals surface area contributed by atoms with Gasteiger partial charge in [0.2, 0.25) is 0 Å². The van der Waals surface area contributed by atoms with Gasteiger partial charge in [-0.25, -0.2) is 9.18 Å². The molecule has 0 unspecified atom stereocenters. The first-order valence-electron chi connectivity index (χ1n) is 8.96. The normalized spacial score (nSPS) is 13.5. The first-order valence-corrected chi connectivity index (χ1v) is 8.96. The number of aryl methyl sites for hydroxylation is 1. The summed E-state index contributed by atoms with van der Waals surface area (Å²) >= 11 is 0. The first kappa shape index (κ1) is 19.3. The molecular weight excluding hydrogens is 351 g/mol. The topological polar surface area (TPSA) is 68.6 Å². The number of nitrogens with zero attached hydrogens (tertiary/aromatic N) is 3. The van der Waals surface area contributed by atoms with Crippen molar-refractivity contribution in [1.29, 1.82) is 0 Å². The van der Waals surface area contributed by atoms with Gasteiger partial charge in [0.05, 0.1) is 32.1 Å². The van der Waals surface area contributed by atoms with Crippen LogP contribution in [0, 0.1) is 5.82 Å². The van der Waals surface area contributed by atoms with E-state index in [1.807, 2.05) is 11.7 Å². The fraction of sp³-hybridized carbons (Fsp3) is 0.474. The maximum atomic E-state index is 13.7. The molecule has 1 aliphatic heterocycles. The van der Waals surface area contributed by atoms with Crippen LogP contribution in [0.4, 0.5) is 9.18 Å². The maximum absolute atomic E-state index is 13.7. The SMILES string of the molecule is COCCNC(=O)N1CCc2c(c(COCc3ccccc3F)nn2C)C1. The molecule has 146 valence electrons. The Morgan fingerprint density at radius 1 is 1.33 bits per heavy atom. The Balaban J connectivity index is 1.62. The van der Waals surface area contributed by atoms with Gasteiger partial charge in [-0.15, -0.1) is 0 Å². The molecule has 8 heteroatoms. The van der Waals surface area contributed by atoms with Crippen LogP contribution in [0.15, 0.2) is 24.3 Å². The molecule has 1 aliphatic rings. The van der Waals surface area contributed by atoms with E-state index in [0.717, 1.165) is 23.4 Å². The van der Waals surface area contributed by atoms with Gasteiger partial charge in [0.1, 0.15) is 5.82 Å². The monoisotopic (exact) mass is 376 g/mol. The van der Waals surface area contributed by atoms with Gasteiger partial charge in [0, 0.05) is 50.5 Å². The Hall–Kier alpha value is -2.45. The van der Waals surface area contributed by atoms with Gasteiger partial charge in [-0.05, 0) is 6.07 Å². The highest BCUT2D eigenvalue weighted by molar-refractivity contribution is 5.74. The van der Waals surface area contributed by atoms with E-state index in [1.54, 1.807) is 30.2 Å². The minimum absolute atomic E-state index is 0.111. The summed E-state index contributed by atoms with van der Waals surface area (Å²) < 4.78 is 26.2. The third-order valence-corrected chi connectivity index (χ3v) is 4.65. The van der Waals surface area contributed by atoms with Gasteiger partial charge in [-0.2, -0.15) is 5.10 Å². The highest BCUT2D eigenvalue weighted by atomic mass is 19.1. The van der Waals surface area contributed by atoms with Crippen molar-refractivity contribution in [2.45, 2.75) is 26.2 Å². The molecule has 2 aromatic rings. The fourth-order valence-corrected chi connectivity index (χ4v) is 3.20. The fourth-order valence-electron chi connectivity index (χ4n) is 3.20. The zero-order valence-electron chi connectivity index (χ0n) is 15.7. The molecule has 0 atom stereocenters. The molecule has 1 aromatic heterocycles. The van der Waals surface area contributed by atoms with Crippen LogP contribution in [0.3, 0.4) is 0 Å².